The molecule has 33 heavy (non-hydrogen) atoms. The molecule has 1 aliphatic rings. The van der Waals surface area contributed by atoms with E-state index in [1.165, 1.54) is 11.1 Å². The Kier molecular flexibility index (Phi) is 7.11. The third-order valence-corrected chi connectivity index (χ3v) is 6.35. The predicted octanol–water partition coefficient (Wildman–Crippen LogP) is 5.13. The maximum atomic E-state index is 12.3. The molecule has 1 aliphatic carbocycles. The van der Waals surface area contributed by atoms with E-state index in [2.05, 4.69) is 43.4 Å². The maximum absolute atomic E-state index is 12.3. The van der Waals surface area contributed by atoms with Gasteiger partial charge in [-0.1, -0.05) is 86.6 Å². The molecule has 4 rings (SSSR count). The number of amides is 1. The molecule has 3 N–H and O–H groups in total. The average Bonchev–Trinajstić information content (AvgIpc) is 3.16. The summed E-state index contributed by atoms with van der Waals surface area (Å²) in [5.41, 5.74) is 6.42. The van der Waals surface area contributed by atoms with Crippen LogP contribution in [0.1, 0.15) is 60.5 Å². The number of ether oxygens (including phenoxy) is 1. The number of carbonyl (C=O) groups is 1. The van der Waals surface area contributed by atoms with Crippen molar-refractivity contribution < 1.29 is 19.7 Å². The van der Waals surface area contributed by atoms with Gasteiger partial charge in [0.2, 0.25) is 0 Å². The van der Waals surface area contributed by atoms with Crippen LogP contribution in [0, 0.1) is 0 Å². The molecular weight excluding hydrogens is 414 g/mol. The van der Waals surface area contributed by atoms with Crippen LogP contribution in [0.25, 0.3) is 11.1 Å². The molecule has 0 fully saturated rings. The Morgan fingerprint density at radius 1 is 0.879 bits per heavy atom. The van der Waals surface area contributed by atoms with Crippen molar-refractivity contribution in [2.24, 2.45) is 0 Å². The van der Waals surface area contributed by atoms with Gasteiger partial charge in [0.15, 0.2) is 0 Å². The summed E-state index contributed by atoms with van der Waals surface area (Å²) in [7, 11) is 0. The minimum Gasteiger partial charge on any atom is -0.449 e. The van der Waals surface area contributed by atoms with Gasteiger partial charge in [0.05, 0.1) is 6.10 Å². The zero-order chi connectivity index (χ0) is 23.4. The molecule has 5 nitrogen and oxygen atoms in total. The van der Waals surface area contributed by atoms with Crippen molar-refractivity contribution in [1.29, 1.82) is 0 Å². The molecule has 0 heterocycles. The van der Waals surface area contributed by atoms with Gasteiger partial charge in [-0.25, -0.2) is 4.79 Å². The molecule has 5 heteroatoms. The molecule has 0 aromatic heterocycles. The molecular formula is C28H31NO4. The van der Waals surface area contributed by atoms with Gasteiger partial charge in [0, 0.05) is 12.5 Å². The molecule has 2 atom stereocenters. The largest absolute Gasteiger partial charge is 0.449 e. The molecule has 0 saturated carbocycles. The number of aliphatic hydroxyl groups is 2. The van der Waals surface area contributed by atoms with Crippen LogP contribution in [0.3, 0.4) is 0 Å². The van der Waals surface area contributed by atoms with E-state index in [-0.39, 0.29) is 31.4 Å². The molecule has 3 aromatic carbocycles. The fraction of sp³-hybridized carbons (Fsp3) is 0.321. The monoisotopic (exact) mass is 445 g/mol. The van der Waals surface area contributed by atoms with Crippen LogP contribution in [0.15, 0.2) is 72.8 Å². The highest BCUT2D eigenvalue weighted by atomic mass is 16.5. The molecule has 2 unspecified atom stereocenters. The van der Waals surface area contributed by atoms with Crippen molar-refractivity contribution in [3.63, 3.8) is 0 Å². The van der Waals surface area contributed by atoms with Crippen molar-refractivity contribution in [3.05, 3.63) is 95.1 Å². The van der Waals surface area contributed by atoms with Crippen molar-refractivity contribution in [2.45, 2.75) is 44.3 Å². The lowest BCUT2D eigenvalue weighted by Crippen LogP contribution is -2.31. The van der Waals surface area contributed by atoms with Crippen LogP contribution in [0.5, 0.6) is 0 Å². The quantitative estimate of drug-likeness (QED) is 0.449. The van der Waals surface area contributed by atoms with Crippen LogP contribution < -0.4 is 5.32 Å². The number of fused-ring (bicyclic) bond motifs is 3. The fourth-order valence-corrected chi connectivity index (χ4v) is 4.64. The van der Waals surface area contributed by atoms with E-state index < -0.39 is 18.3 Å². The number of rotatable bonds is 8. The van der Waals surface area contributed by atoms with Gasteiger partial charge in [-0.2, -0.15) is 0 Å². The Bertz CT molecular complexity index is 1060. The minimum atomic E-state index is -1.01. The van der Waals surface area contributed by atoms with E-state index in [0.717, 1.165) is 22.3 Å². The van der Waals surface area contributed by atoms with Gasteiger partial charge in [0.25, 0.3) is 0 Å². The highest BCUT2D eigenvalue weighted by molar-refractivity contribution is 5.79. The number of hydrogen-bond donors (Lipinski definition) is 3. The fourth-order valence-electron chi connectivity index (χ4n) is 4.64. The molecule has 172 valence electrons. The second kappa shape index (κ2) is 10.2. The van der Waals surface area contributed by atoms with Gasteiger partial charge in [-0.3, -0.25) is 0 Å². The van der Waals surface area contributed by atoms with Crippen LogP contribution in [-0.2, 0) is 4.74 Å². The molecule has 0 radical (unpaired) electrons. The Hall–Kier alpha value is -3.15. The lowest BCUT2D eigenvalue weighted by atomic mass is 9.91. The van der Waals surface area contributed by atoms with E-state index in [4.69, 9.17) is 4.74 Å². The van der Waals surface area contributed by atoms with Crippen LogP contribution in [-0.4, -0.2) is 35.6 Å². The van der Waals surface area contributed by atoms with Crippen molar-refractivity contribution >= 4 is 6.09 Å². The first-order valence-electron chi connectivity index (χ1n) is 11.5. The first kappa shape index (κ1) is 23.0. The third kappa shape index (κ3) is 4.95. The van der Waals surface area contributed by atoms with Gasteiger partial charge in [0.1, 0.15) is 12.7 Å². The van der Waals surface area contributed by atoms with Crippen molar-refractivity contribution in [2.75, 3.05) is 13.2 Å². The lowest BCUT2D eigenvalue weighted by Gasteiger charge is -2.22. The number of alkyl carbamates (subject to hydrolysis) is 1. The number of nitrogens with one attached hydrogen (secondary N) is 1. The van der Waals surface area contributed by atoms with Gasteiger partial charge in [-0.15, -0.1) is 0 Å². The smallest absolute Gasteiger partial charge is 0.407 e. The van der Waals surface area contributed by atoms with Crippen LogP contribution >= 0.6 is 0 Å². The maximum Gasteiger partial charge on any atom is 0.407 e. The van der Waals surface area contributed by atoms with E-state index in [1.54, 1.807) is 0 Å². The van der Waals surface area contributed by atoms with Crippen LogP contribution in [0.2, 0.25) is 0 Å². The number of hydrogen-bond acceptors (Lipinski definition) is 4. The molecule has 1 amide bonds. The topological polar surface area (TPSA) is 78.8 Å². The summed E-state index contributed by atoms with van der Waals surface area (Å²) in [6.45, 7) is 4.55. The summed E-state index contributed by atoms with van der Waals surface area (Å²) in [6, 6.07) is 24.0. The molecule has 0 saturated heterocycles. The van der Waals surface area contributed by atoms with E-state index in [0.29, 0.717) is 0 Å². The average molecular weight is 446 g/mol. The minimum absolute atomic E-state index is 0.00287. The standard InChI is InChI=1S/C28H31NO4/c1-18(2)19-9-3-8-14-24(19)27(31)26(30)15-16-29-28(32)33-17-25-22-12-6-4-10-20(22)21-11-5-7-13-23(21)25/h3-14,18,25-27,30-31H,15-17H2,1-2H3,(H,29,32). The molecule has 0 spiro atoms. The predicted molar refractivity (Wildman–Crippen MR) is 129 cm³/mol. The lowest BCUT2D eigenvalue weighted by molar-refractivity contribution is 0.0130. The second-order valence-corrected chi connectivity index (χ2v) is 8.84. The van der Waals surface area contributed by atoms with Crippen molar-refractivity contribution in [3.8, 4) is 11.1 Å². The Balaban J connectivity index is 1.29. The van der Waals surface area contributed by atoms with E-state index in [9.17, 15) is 15.0 Å². The van der Waals surface area contributed by atoms with Gasteiger partial charge < -0.3 is 20.3 Å². The summed E-state index contributed by atoms with van der Waals surface area (Å²) in [5, 5.41) is 23.8. The summed E-state index contributed by atoms with van der Waals surface area (Å²) in [4.78, 5) is 12.3. The Morgan fingerprint density at radius 2 is 1.42 bits per heavy atom. The van der Waals surface area contributed by atoms with Gasteiger partial charge in [-0.05, 0) is 45.7 Å². The Labute approximate surface area is 195 Å². The number of carbonyl (C=O) groups excluding carboxylic acids is 1. The molecule has 0 bridgehead atoms. The molecule has 0 aliphatic heterocycles. The van der Waals surface area contributed by atoms with Crippen molar-refractivity contribution in [1.82, 2.24) is 5.32 Å². The summed E-state index contributed by atoms with van der Waals surface area (Å²) in [5.74, 6) is 0.241. The third-order valence-electron chi connectivity index (χ3n) is 6.35. The summed E-state index contributed by atoms with van der Waals surface area (Å²) in [6.07, 6.45) is -2.30. The van der Waals surface area contributed by atoms with E-state index in [1.807, 2.05) is 48.5 Å². The number of benzene rings is 3. The first-order chi connectivity index (χ1) is 16.0. The zero-order valence-electron chi connectivity index (χ0n) is 19.1. The van der Waals surface area contributed by atoms with Gasteiger partial charge >= 0.3 is 6.09 Å². The summed E-state index contributed by atoms with van der Waals surface area (Å²) >= 11 is 0. The SMILES string of the molecule is CC(C)c1ccccc1C(O)C(O)CCNC(=O)OCC1c2ccccc2-c2ccccc21. The van der Waals surface area contributed by atoms with Crippen LogP contribution in [0.4, 0.5) is 4.79 Å². The second-order valence-electron chi connectivity index (χ2n) is 8.84. The normalized spacial score (nSPS) is 14.5. The first-order valence-corrected chi connectivity index (χ1v) is 11.5. The highest BCUT2D eigenvalue weighted by Crippen LogP contribution is 2.44. The number of aliphatic hydroxyl groups excluding tert-OH is 2. The zero-order valence-corrected chi connectivity index (χ0v) is 19.1. The highest BCUT2D eigenvalue weighted by Gasteiger charge is 2.29. The molecule has 3 aromatic rings. The Morgan fingerprint density at radius 3 is 2.03 bits per heavy atom. The summed E-state index contributed by atoms with van der Waals surface area (Å²) < 4.78 is 5.52. The van der Waals surface area contributed by atoms with E-state index >= 15 is 0 Å².